The molecule has 1 aliphatic heterocycles. The van der Waals surface area contributed by atoms with E-state index < -0.39 is 0 Å². The predicted octanol–water partition coefficient (Wildman–Crippen LogP) is 1.99. The van der Waals surface area contributed by atoms with E-state index in [0.717, 1.165) is 30.9 Å². The second-order valence-corrected chi connectivity index (χ2v) is 5.33. The van der Waals surface area contributed by atoms with Gasteiger partial charge in [0.2, 0.25) is 0 Å². The van der Waals surface area contributed by atoms with Crippen LogP contribution in [0.1, 0.15) is 16.0 Å². The molecule has 0 spiro atoms. The van der Waals surface area contributed by atoms with E-state index in [1.807, 2.05) is 23.5 Å². The monoisotopic (exact) mass is 258 g/mol. The third-order valence-corrected chi connectivity index (χ3v) is 4.21. The molecule has 0 saturated heterocycles. The van der Waals surface area contributed by atoms with Crippen LogP contribution in [0.4, 0.5) is 5.82 Å². The first-order valence-electron chi connectivity index (χ1n) is 5.85. The number of amidine groups is 1. The number of nitrogen functional groups attached to an aromatic ring is 1. The molecule has 3 heterocycles. The average molecular weight is 258 g/mol. The summed E-state index contributed by atoms with van der Waals surface area (Å²) in [5.41, 5.74) is 7.70. The fourth-order valence-corrected chi connectivity index (χ4v) is 3.18. The Hall–Kier alpha value is -1.88. The highest BCUT2D eigenvalue weighted by Crippen LogP contribution is 2.28. The van der Waals surface area contributed by atoms with Gasteiger partial charge >= 0.3 is 0 Å². The Morgan fingerprint density at radius 2 is 2.33 bits per heavy atom. The van der Waals surface area contributed by atoms with Crippen molar-refractivity contribution >= 4 is 23.0 Å². The van der Waals surface area contributed by atoms with Crippen molar-refractivity contribution in [3.8, 4) is 0 Å². The minimum absolute atomic E-state index is 0.0780. The molecule has 0 saturated carbocycles. The van der Waals surface area contributed by atoms with Crippen molar-refractivity contribution in [2.24, 2.45) is 5.73 Å². The maximum Gasteiger partial charge on any atom is 0.139 e. The summed E-state index contributed by atoms with van der Waals surface area (Å²) in [6.45, 7) is 1.79. The summed E-state index contributed by atoms with van der Waals surface area (Å²) in [6.07, 6.45) is 2.80. The van der Waals surface area contributed by atoms with Gasteiger partial charge in [-0.05, 0) is 35.6 Å². The molecule has 3 rings (SSSR count). The van der Waals surface area contributed by atoms with Crippen molar-refractivity contribution < 1.29 is 0 Å². The van der Waals surface area contributed by atoms with Crippen molar-refractivity contribution in [2.75, 3.05) is 11.4 Å². The number of anilines is 1. The molecule has 0 unspecified atom stereocenters. The standard InChI is InChI=1S/C13H14N4S/c14-12(15)10-2-1-5-16-13(10)17-6-3-11-9(8-17)4-7-18-11/h1-2,4-5,7H,3,6,8H2,(H3,14,15). The van der Waals surface area contributed by atoms with E-state index in [1.165, 1.54) is 10.4 Å². The van der Waals surface area contributed by atoms with Gasteiger partial charge in [0.1, 0.15) is 11.7 Å². The van der Waals surface area contributed by atoms with Crippen LogP contribution >= 0.6 is 11.3 Å². The summed E-state index contributed by atoms with van der Waals surface area (Å²) in [4.78, 5) is 8.05. The molecule has 5 heteroatoms. The van der Waals surface area contributed by atoms with Crippen LogP contribution in [0.3, 0.4) is 0 Å². The van der Waals surface area contributed by atoms with Gasteiger partial charge in [-0.3, -0.25) is 5.41 Å². The molecule has 2 aromatic heterocycles. The minimum Gasteiger partial charge on any atom is -0.384 e. The van der Waals surface area contributed by atoms with E-state index in [1.54, 1.807) is 6.20 Å². The van der Waals surface area contributed by atoms with Crippen LogP contribution in [0.5, 0.6) is 0 Å². The van der Waals surface area contributed by atoms with Crippen molar-refractivity contribution in [3.63, 3.8) is 0 Å². The van der Waals surface area contributed by atoms with Crippen LogP contribution in [-0.2, 0) is 13.0 Å². The summed E-state index contributed by atoms with van der Waals surface area (Å²) in [7, 11) is 0. The van der Waals surface area contributed by atoms with Crippen molar-refractivity contribution in [1.29, 1.82) is 5.41 Å². The number of hydrogen-bond donors (Lipinski definition) is 2. The van der Waals surface area contributed by atoms with Gasteiger partial charge in [0, 0.05) is 24.2 Å². The Balaban J connectivity index is 1.95. The minimum atomic E-state index is 0.0780. The van der Waals surface area contributed by atoms with Gasteiger partial charge in [-0.25, -0.2) is 4.98 Å². The van der Waals surface area contributed by atoms with Crippen molar-refractivity contribution in [3.05, 3.63) is 45.8 Å². The lowest BCUT2D eigenvalue weighted by Crippen LogP contribution is -2.32. The molecule has 2 aromatic rings. The van der Waals surface area contributed by atoms with Gasteiger partial charge in [0.15, 0.2) is 0 Å². The average Bonchev–Trinajstić information content (AvgIpc) is 2.85. The Morgan fingerprint density at radius 3 is 3.17 bits per heavy atom. The number of hydrogen-bond acceptors (Lipinski definition) is 4. The molecule has 0 fully saturated rings. The second-order valence-electron chi connectivity index (χ2n) is 4.33. The van der Waals surface area contributed by atoms with Gasteiger partial charge in [-0.2, -0.15) is 0 Å². The maximum absolute atomic E-state index is 7.62. The molecule has 1 aliphatic rings. The lowest BCUT2D eigenvalue weighted by atomic mass is 10.1. The fourth-order valence-electron chi connectivity index (χ4n) is 2.29. The first-order valence-corrected chi connectivity index (χ1v) is 6.73. The Labute approximate surface area is 110 Å². The van der Waals surface area contributed by atoms with Crippen LogP contribution in [0.2, 0.25) is 0 Å². The predicted molar refractivity (Wildman–Crippen MR) is 74.3 cm³/mol. The quantitative estimate of drug-likeness (QED) is 0.639. The molecular formula is C13H14N4S. The Kier molecular flexibility index (Phi) is 2.76. The van der Waals surface area contributed by atoms with Gasteiger partial charge in [-0.15, -0.1) is 11.3 Å². The van der Waals surface area contributed by atoms with Crippen LogP contribution < -0.4 is 10.6 Å². The number of fused-ring (bicyclic) bond motifs is 1. The number of nitrogens with zero attached hydrogens (tertiary/aromatic N) is 2. The molecule has 4 nitrogen and oxygen atoms in total. The van der Waals surface area contributed by atoms with Crippen LogP contribution in [-0.4, -0.2) is 17.4 Å². The topological polar surface area (TPSA) is 66.0 Å². The number of rotatable bonds is 2. The molecule has 0 amide bonds. The van der Waals surface area contributed by atoms with E-state index >= 15 is 0 Å². The molecule has 3 N–H and O–H groups in total. The first-order chi connectivity index (χ1) is 8.75. The summed E-state index contributed by atoms with van der Waals surface area (Å²) in [5, 5.41) is 9.76. The maximum atomic E-state index is 7.62. The number of aromatic nitrogens is 1. The zero-order chi connectivity index (χ0) is 12.5. The lowest BCUT2D eigenvalue weighted by Gasteiger charge is -2.29. The van der Waals surface area contributed by atoms with E-state index in [2.05, 4.69) is 21.3 Å². The van der Waals surface area contributed by atoms with Gasteiger partial charge in [0.25, 0.3) is 0 Å². The van der Waals surface area contributed by atoms with Crippen LogP contribution in [0.25, 0.3) is 0 Å². The molecule has 0 atom stereocenters. The highest BCUT2D eigenvalue weighted by Gasteiger charge is 2.20. The largest absolute Gasteiger partial charge is 0.384 e. The fraction of sp³-hybridized carbons (Fsp3) is 0.231. The third-order valence-electron chi connectivity index (χ3n) is 3.18. The first kappa shape index (κ1) is 11.2. The van der Waals surface area contributed by atoms with Crippen LogP contribution in [0.15, 0.2) is 29.8 Å². The van der Waals surface area contributed by atoms with Gasteiger partial charge in [-0.1, -0.05) is 0 Å². The smallest absolute Gasteiger partial charge is 0.139 e. The molecular weight excluding hydrogens is 244 g/mol. The zero-order valence-corrected chi connectivity index (χ0v) is 10.7. The molecule has 92 valence electrons. The highest BCUT2D eigenvalue weighted by atomic mass is 32.1. The molecule has 18 heavy (non-hydrogen) atoms. The van der Waals surface area contributed by atoms with Crippen LogP contribution in [0, 0.1) is 5.41 Å². The van der Waals surface area contributed by atoms with Gasteiger partial charge < -0.3 is 10.6 Å². The summed E-state index contributed by atoms with van der Waals surface area (Å²) >= 11 is 1.82. The number of nitrogens with one attached hydrogen (secondary N) is 1. The van der Waals surface area contributed by atoms with E-state index in [4.69, 9.17) is 11.1 Å². The number of thiophene rings is 1. The second kappa shape index (κ2) is 4.42. The van der Waals surface area contributed by atoms with Crippen molar-refractivity contribution in [1.82, 2.24) is 4.98 Å². The number of pyridine rings is 1. The van der Waals surface area contributed by atoms with Crippen molar-refractivity contribution in [2.45, 2.75) is 13.0 Å². The number of nitrogens with two attached hydrogens (primary N) is 1. The van der Waals surface area contributed by atoms with E-state index in [-0.39, 0.29) is 5.84 Å². The summed E-state index contributed by atoms with van der Waals surface area (Å²) in [5.74, 6) is 0.899. The highest BCUT2D eigenvalue weighted by molar-refractivity contribution is 7.10. The normalized spacial score (nSPS) is 14.3. The summed E-state index contributed by atoms with van der Waals surface area (Å²) in [6, 6.07) is 5.84. The Morgan fingerprint density at radius 1 is 1.44 bits per heavy atom. The summed E-state index contributed by atoms with van der Waals surface area (Å²) < 4.78 is 0. The molecule has 0 bridgehead atoms. The van der Waals surface area contributed by atoms with E-state index in [9.17, 15) is 0 Å². The Bertz CT molecular complexity index is 590. The molecule has 0 radical (unpaired) electrons. The lowest BCUT2D eigenvalue weighted by molar-refractivity contribution is 0.731. The zero-order valence-electron chi connectivity index (χ0n) is 9.89. The van der Waals surface area contributed by atoms with E-state index in [0.29, 0.717) is 0 Å². The SMILES string of the molecule is N=C(N)c1cccnc1N1CCc2sccc2C1. The molecule has 0 aromatic carbocycles. The van der Waals surface area contributed by atoms with Gasteiger partial charge in [0.05, 0.1) is 5.56 Å². The molecule has 0 aliphatic carbocycles. The third kappa shape index (κ3) is 1.86.